The van der Waals surface area contributed by atoms with Crippen molar-refractivity contribution in [2.75, 3.05) is 6.26 Å². The fourth-order valence-electron chi connectivity index (χ4n) is 2.25. The predicted octanol–water partition coefficient (Wildman–Crippen LogP) is 5.15. The molecule has 2 aromatic carbocycles. The third-order valence-corrected chi connectivity index (χ3v) is 4.21. The monoisotopic (exact) mass is 288 g/mol. The summed E-state index contributed by atoms with van der Waals surface area (Å²) in [6, 6.07) is 16.9. The molecule has 1 aliphatic carbocycles. The lowest BCUT2D eigenvalue weighted by atomic mass is 10.0. The minimum absolute atomic E-state index is 1.03. The van der Waals surface area contributed by atoms with Crippen molar-refractivity contribution in [1.82, 2.24) is 0 Å². The van der Waals surface area contributed by atoms with Crippen LogP contribution < -0.4 is 0 Å². The van der Waals surface area contributed by atoms with Crippen LogP contribution >= 0.6 is 11.8 Å². The summed E-state index contributed by atoms with van der Waals surface area (Å²) < 4.78 is 0. The van der Waals surface area contributed by atoms with Crippen LogP contribution in [0, 0.1) is 11.8 Å². The van der Waals surface area contributed by atoms with E-state index in [9.17, 15) is 0 Å². The first kappa shape index (κ1) is 13.8. The van der Waals surface area contributed by atoms with Crippen molar-refractivity contribution in [2.24, 2.45) is 0 Å². The largest absolute Gasteiger partial charge is 0.130 e. The van der Waals surface area contributed by atoms with Gasteiger partial charge < -0.3 is 0 Å². The fraction of sp³-hybridized carbons (Fsp3) is 0.100. The molecule has 0 saturated carbocycles. The molecule has 0 unspecified atom stereocenters. The minimum Gasteiger partial charge on any atom is -0.130 e. The molecule has 0 aliphatic heterocycles. The van der Waals surface area contributed by atoms with E-state index < -0.39 is 0 Å². The van der Waals surface area contributed by atoms with Crippen LogP contribution in [0.5, 0.6) is 0 Å². The van der Waals surface area contributed by atoms with Gasteiger partial charge in [-0.05, 0) is 60.2 Å². The highest BCUT2D eigenvalue weighted by molar-refractivity contribution is 7.98. The van der Waals surface area contributed by atoms with E-state index in [1.807, 2.05) is 0 Å². The molecule has 0 atom stereocenters. The number of allylic oxidation sites excluding steroid dienone is 4. The van der Waals surface area contributed by atoms with Crippen LogP contribution in [-0.2, 0) is 0 Å². The molecule has 1 aliphatic rings. The van der Waals surface area contributed by atoms with Gasteiger partial charge in [-0.3, -0.25) is 0 Å². The van der Waals surface area contributed by atoms with E-state index in [-0.39, 0.29) is 0 Å². The molecule has 0 saturated heterocycles. The molecule has 0 N–H and O–H groups in total. The quantitative estimate of drug-likeness (QED) is 0.544. The fourth-order valence-corrected chi connectivity index (χ4v) is 2.66. The van der Waals surface area contributed by atoms with E-state index >= 15 is 0 Å². The van der Waals surface area contributed by atoms with Crippen molar-refractivity contribution in [3.05, 3.63) is 83.4 Å². The van der Waals surface area contributed by atoms with Crippen molar-refractivity contribution in [3.8, 4) is 11.8 Å². The Bertz CT molecular complexity index is 735. The molecule has 0 heterocycles. The molecule has 102 valence electrons. The summed E-state index contributed by atoms with van der Waals surface area (Å²) in [7, 11) is 0. The maximum Gasteiger partial charge on any atom is 0.0249 e. The molecule has 0 bridgehead atoms. The molecule has 0 fully saturated rings. The van der Waals surface area contributed by atoms with Crippen LogP contribution in [0.3, 0.4) is 0 Å². The van der Waals surface area contributed by atoms with Gasteiger partial charge in [-0.1, -0.05) is 42.2 Å². The summed E-state index contributed by atoms with van der Waals surface area (Å²) in [5.41, 5.74) is 4.77. The molecule has 0 spiro atoms. The van der Waals surface area contributed by atoms with Gasteiger partial charge >= 0.3 is 0 Å². The lowest BCUT2D eigenvalue weighted by molar-refractivity contribution is 1.43. The van der Waals surface area contributed by atoms with E-state index in [0.29, 0.717) is 0 Å². The Balaban J connectivity index is 1.74. The predicted molar refractivity (Wildman–Crippen MR) is 92.4 cm³/mol. The van der Waals surface area contributed by atoms with Gasteiger partial charge in [-0.15, -0.1) is 11.8 Å². The zero-order chi connectivity index (χ0) is 14.5. The zero-order valence-electron chi connectivity index (χ0n) is 12.0. The summed E-state index contributed by atoms with van der Waals surface area (Å²) >= 11 is 1.75. The smallest absolute Gasteiger partial charge is 0.0249 e. The van der Waals surface area contributed by atoms with Crippen LogP contribution in [0.15, 0.2) is 71.7 Å². The average Bonchev–Trinajstić information content (AvgIpc) is 3.08. The summed E-state index contributed by atoms with van der Waals surface area (Å²) in [5.74, 6) is 6.44. The molecule has 0 aromatic heterocycles. The molecule has 0 amide bonds. The molecule has 0 nitrogen and oxygen atoms in total. The second-order valence-electron chi connectivity index (χ2n) is 4.88. The van der Waals surface area contributed by atoms with Gasteiger partial charge in [0.25, 0.3) is 0 Å². The standard InChI is InChI=1S/C20H16S/c1-21-20-14-10-17(11-15-20)7-6-16-8-12-19(13-9-16)18-4-2-3-5-18/h2-4,8-15H,5H2,1H3. The van der Waals surface area contributed by atoms with Crippen molar-refractivity contribution >= 4 is 17.3 Å². The number of thioether (sulfide) groups is 1. The Morgan fingerprint density at radius 1 is 0.857 bits per heavy atom. The van der Waals surface area contributed by atoms with E-state index in [1.54, 1.807) is 11.8 Å². The van der Waals surface area contributed by atoms with Crippen molar-refractivity contribution in [1.29, 1.82) is 0 Å². The molecule has 2 aromatic rings. The molecule has 3 rings (SSSR count). The Morgan fingerprint density at radius 2 is 1.48 bits per heavy atom. The van der Waals surface area contributed by atoms with Crippen molar-refractivity contribution < 1.29 is 0 Å². The van der Waals surface area contributed by atoms with Crippen LogP contribution in [0.1, 0.15) is 23.1 Å². The molecule has 0 radical (unpaired) electrons. The zero-order valence-corrected chi connectivity index (χ0v) is 12.8. The van der Waals surface area contributed by atoms with Gasteiger partial charge in [0.2, 0.25) is 0 Å². The van der Waals surface area contributed by atoms with E-state index in [1.165, 1.54) is 16.0 Å². The van der Waals surface area contributed by atoms with Gasteiger partial charge in [-0.25, -0.2) is 0 Å². The Kier molecular flexibility index (Phi) is 4.28. The lowest BCUT2D eigenvalue weighted by Gasteiger charge is -2.01. The Morgan fingerprint density at radius 3 is 2.00 bits per heavy atom. The second-order valence-corrected chi connectivity index (χ2v) is 5.76. The summed E-state index contributed by atoms with van der Waals surface area (Å²) in [6.07, 6.45) is 9.58. The van der Waals surface area contributed by atoms with Crippen LogP contribution in [0.2, 0.25) is 0 Å². The Labute approximate surface area is 130 Å². The molecular weight excluding hydrogens is 272 g/mol. The first-order valence-corrected chi connectivity index (χ1v) is 8.20. The molecular formula is C20H16S. The third kappa shape index (κ3) is 3.48. The van der Waals surface area contributed by atoms with Gasteiger partial charge in [0, 0.05) is 16.0 Å². The van der Waals surface area contributed by atoms with Gasteiger partial charge in [0.05, 0.1) is 0 Å². The van der Waals surface area contributed by atoms with Crippen molar-refractivity contribution in [2.45, 2.75) is 11.3 Å². The van der Waals surface area contributed by atoms with Gasteiger partial charge in [0.15, 0.2) is 0 Å². The number of hydrogen-bond donors (Lipinski definition) is 0. The number of benzene rings is 2. The highest BCUT2D eigenvalue weighted by atomic mass is 32.2. The minimum atomic E-state index is 1.03. The normalized spacial score (nSPS) is 12.7. The Hall–Kier alpha value is -2.17. The van der Waals surface area contributed by atoms with E-state index in [0.717, 1.165) is 17.5 Å². The average molecular weight is 288 g/mol. The van der Waals surface area contributed by atoms with Crippen LogP contribution in [0.25, 0.3) is 5.57 Å². The number of rotatable bonds is 2. The van der Waals surface area contributed by atoms with E-state index in [4.69, 9.17) is 0 Å². The van der Waals surface area contributed by atoms with Crippen molar-refractivity contribution in [3.63, 3.8) is 0 Å². The van der Waals surface area contributed by atoms with Gasteiger partial charge in [0.1, 0.15) is 0 Å². The van der Waals surface area contributed by atoms with E-state index in [2.05, 4.69) is 84.9 Å². The van der Waals surface area contributed by atoms with Gasteiger partial charge in [-0.2, -0.15) is 0 Å². The SMILES string of the molecule is CSc1ccc(C#Cc2ccc(C3=CC=CC3)cc2)cc1. The topological polar surface area (TPSA) is 0 Å². The first-order valence-electron chi connectivity index (χ1n) is 6.97. The maximum absolute atomic E-state index is 3.22. The maximum atomic E-state index is 3.22. The number of hydrogen-bond acceptors (Lipinski definition) is 1. The lowest BCUT2D eigenvalue weighted by Crippen LogP contribution is -1.82. The highest BCUT2D eigenvalue weighted by Gasteiger charge is 2.01. The van der Waals surface area contributed by atoms with Crippen LogP contribution in [-0.4, -0.2) is 6.26 Å². The summed E-state index contributed by atoms with van der Waals surface area (Å²) in [6.45, 7) is 0. The highest BCUT2D eigenvalue weighted by Crippen LogP contribution is 2.23. The molecule has 21 heavy (non-hydrogen) atoms. The molecule has 1 heteroatoms. The first-order chi connectivity index (χ1) is 10.3. The summed E-state index contributed by atoms with van der Waals surface area (Å²) in [5, 5.41) is 0. The second kappa shape index (κ2) is 6.52. The third-order valence-electron chi connectivity index (χ3n) is 3.47. The van der Waals surface area contributed by atoms with Crippen LogP contribution in [0.4, 0.5) is 0 Å². The summed E-state index contributed by atoms with van der Waals surface area (Å²) in [4.78, 5) is 1.27.